The molecule has 4 aromatic carbocycles. The fourth-order valence-corrected chi connectivity index (χ4v) is 6.09. The molecular weight excluding hydrogens is 538 g/mol. The lowest BCUT2D eigenvalue weighted by Crippen LogP contribution is -2.13. The minimum Gasteiger partial charge on any atom is -0.364 e. The van der Waals surface area contributed by atoms with Gasteiger partial charge in [0, 0.05) is 16.5 Å². The number of hydrogen-bond acceptors (Lipinski definition) is 6. The Morgan fingerprint density at radius 2 is 1.57 bits per heavy atom. The first-order valence-electron chi connectivity index (χ1n) is 10.6. The second kappa shape index (κ2) is 8.85. The van der Waals surface area contributed by atoms with Gasteiger partial charge in [-0.25, -0.2) is 26.7 Å². The molecule has 5 N–H and O–H groups in total. The van der Waals surface area contributed by atoms with Gasteiger partial charge in [0.05, 0.1) is 21.1 Å². The predicted molar refractivity (Wildman–Crippen MR) is 141 cm³/mol. The number of rotatable bonds is 6. The fraction of sp³-hybridized carbons (Fsp3) is 0. The molecule has 13 heteroatoms. The van der Waals surface area contributed by atoms with Crippen LogP contribution in [0, 0.1) is 0 Å². The van der Waals surface area contributed by atoms with E-state index in [0.29, 0.717) is 22.0 Å². The Kier molecular flexibility index (Phi) is 5.91. The van der Waals surface area contributed by atoms with Crippen LogP contribution in [0.1, 0.15) is 10.5 Å². The van der Waals surface area contributed by atoms with Crippen LogP contribution in [-0.4, -0.2) is 32.5 Å². The zero-order valence-electron chi connectivity index (χ0n) is 18.8. The van der Waals surface area contributed by atoms with Crippen molar-refractivity contribution >= 4 is 64.9 Å². The number of sulfonamides is 2. The van der Waals surface area contributed by atoms with Gasteiger partial charge in [-0.15, -0.1) is 0 Å². The van der Waals surface area contributed by atoms with E-state index in [1.807, 2.05) is 0 Å². The Hall–Kier alpha value is -3.97. The highest BCUT2D eigenvalue weighted by molar-refractivity contribution is 7.92. The van der Waals surface area contributed by atoms with Gasteiger partial charge >= 0.3 is 0 Å². The lowest BCUT2D eigenvalue weighted by Gasteiger charge is -2.12. The number of primary sulfonamides is 1. The summed E-state index contributed by atoms with van der Waals surface area (Å²) >= 11 is 6.09. The molecule has 0 aliphatic rings. The van der Waals surface area contributed by atoms with E-state index in [0.717, 1.165) is 5.39 Å². The number of carbonyl (C=O) groups excluding carboxylic acids is 1. The fourth-order valence-electron chi connectivity index (χ4n) is 4.01. The summed E-state index contributed by atoms with van der Waals surface area (Å²) in [4.78, 5) is 12.0. The maximum absolute atomic E-state index is 13.0. The van der Waals surface area contributed by atoms with Crippen LogP contribution < -0.4 is 15.6 Å². The number of aromatic nitrogens is 2. The van der Waals surface area contributed by atoms with E-state index in [9.17, 15) is 21.6 Å². The van der Waals surface area contributed by atoms with Crippen LogP contribution in [0.3, 0.4) is 0 Å². The SMILES string of the molecule is NC(=O)c1nn(-c2ccc(S(N)(=O)=O)cc2)c2c1ccc1ccc(NS(=O)(=O)c3ccccc3Cl)cc12. The van der Waals surface area contributed by atoms with E-state index >= 15 is 0 Å². The molecule has 1 amide bonds. The Morgan fingerprint density at radius 1 is 0.892 bits per heavy atom. The van der Waals surface area contributed by atoms with Crippen molar-refractivity contribution in [3.63, 3.8) is 0 Å². The molecule has 0 bridgehead atoms. The molecule has 0 fully saturated rings. The van der Waals surface area contributed by atoms with E-state index in [4.69, 9.17) is 22.5 Å². The van der Waals surface area contributed by atoms with Gasteiger partial charge in [-0.05, 0) is 60.0 Å². The van der Waals surface area contributed by atoms with E-state index in [-0.39, 0.29) is 26.2 Å². The number of nitrogens with zero attached hydrogens (tertiary/aromatic N) is 2. The summed E-state index contributed by atoms with van der Waals surface area (Å²) in [6, 6.07) is 20.0. The van der Waals surface area contributed by atoms with E-state index < -0.39 is 26.0 Å². The molecule has 0 atom stereocenters. The second-order valence-electron chi connectivity index (χ2n) is 8.10. The van der Waals surface area contributed by atoms with Crippen LogP contribution in [-0.2, 0) is 20.0 Å². The molecule has 5 aromatic rings. The highest BCUT2D eigenvalue weighted by Gasteiger charge is 2.21. The average molecular weight is 556 g/mol. The summed E-state index contributed by atoms with van der Waals surface area (Å²) in [6.45, 7) is 0. The van der Waals surface area contributed by atoms with Crippen LogP contribution in [0.15, 0.2) is 88.7 Å². The van der Waals surface area contributed by atoms with Crippen molar-refractivity contribution in [3.05, 3.63) is 89.6 Å². The maximum atomic E-state index is 13.0. The van der Waals surface area contributed by atoms with Gasteiger partial charge < -0.3 is 5.73 Å². The van der Waals surface area contributed by atoms with E-state index in [2.05, 4.69) is 9.82 Å². The summed E-state index contributed by atoms with van der Waals surface area (Å²) in [7, 11) is -7.92. The molecule has 0 saturated heterocycles. The number of fused-ring (bicyclic) bond motifs is 3. The molecule has 188 valence electrons. The van der Waals surface area contributed by atoms with Crippen molar-refractivity contribution in [2.24, 2.45) is 10.9 Å². The normalized spacial score (nSPS) is 12.2. The first kappa shape index (κ1) is 24.7. The van der Waals surface area contributed by atoms with Gasteiger partial charge in [-0.1, -0.05) is 35.9 Å². The molecule has 0 radical (unpaired) electrons. The topological polar surface area (TPSA) is 167 Å². The molecule has 0 spiro atoms. The van der Waals surface area contributed by atoms with Gasteiger partial charge in [0.15, 0.2) is 5.69 Å². The van der Waals surface area contributed by atoms with Gasteiger partial charge in [0.25, 0.3) is 15.9 Å². The molecule has 5 rings (SSSR count). The van der Waals surface area contributed by atoms with Gasteiger partial charge in [0.1, 0.15) is 4.90 Å². The van der Waals surface area contributed by atoms with Crippen molar-refractivity contribution in [2.75, 3.05) is 4.72 Å². The highest BCUT2D eigenvalue weighted by atomic mass is 35.5. The molecular formula is C24H18ClN5O5S2. The lowest BCUT2D eigenvalue weighted by molar-refractivity contribution is 0.0996. The molecule has 0 aliphatic carbocycles. The van der Waals surface area contributed by atoms with Gasteiger partial charge in [0.2, 0.25) is 10.0 Å². The maximum Gasteiger partial charge on any atom is 0.269 e. The van der Waals surface area contributed by atoms with Crippen LogP contribution >= 0.6 is 11.6 Å². The van der Waals surface area contributed by atoms with Crippen LogP contribution in [0.25, 0.3) is 27.4 Å². The summed E-state index contributed by atoms with van der Waals surface area (Å²) in [6.07, 6.45) is 0. The van der Waals surface area contributed by atoms with Crippen molar-refractivity contribution in [3.8, 4) is 5.69 Å². The zero-order valence-corrected chi connectivity index (χ0v) is 21.2. The number of hydrogen-bond donors (Lipinski definition) is 3. The number of carbonyl (C=O) groups is 1. The number of nitrogens with two attached hydrogens (primary N) is 2. The number of amides is 1. The molecule has 1 heterocycles. The average Bonchev–Trinajstić information content (AvgIpc) is 3.24. The summed E-state index contributed by atoms with van der Waals surface area (Å²) < 4.78 is 53.3. The third-order valence-electron chi connectivity index (χ3n) is 5.68. The highest BCUT2D eigenvalue weighted by Crippen LogP contribution is 2.33. The van der Waals surface area contributed by atoms with E-state index in [1.165, 1.54) is 41.1 Å². The molecule has 0 aliphatic heterocycles. The molecule has 0 unspecified atom stereocenters. The standard InChI is InChI=1S/C24H18ClN5O5S2/c25-20-3-1-2-4-21(20)37(34,35)29-15-7-5-14-6-12-18-22(24(26)31)28-30(23(18)19(14)13-15)16-8-10-17(11-9-16)36(27,32)33/h1-13,29H,(H2,26,31)(H2,27,32,33). The van der Waals surface area contributed by atoms with Gasteiger partial charge in [-0.2, -0.15) is 5.10 Å². The zero-order chi connectivity index (χ0) is 26.5. The van der Waals surface area contributed by atoms with Crippen molar-refractivity contribution in [2.45, 2.75) is 9.79 Å². The van der Waals surface area contributed by atoms with E-state index in [1.54, 1.807) is 42.5 Å². The third kappa shape index (κ3) is 4.51. The molecule has 0 saturated carbocycles. The quantitative estimate of drug-likeness (QED) is 0.290. The number of halogens is 1. The molecule has 10 nitrogen and oxygen atoms in total. The van der Waals surface area contributed by atoms with Crippen molar-refractivity contribution in [1.29, 1.82) is 0 Å². The van der Waals surface area contributed by atoms with Crippen molar-refractivity contribution in [1.82, 2.24) is 9.78 Å². The van der Waals surface area contributed by atoms with Crippen LogP contribution in [0.5, 0.6) is 0 Å². The minimum absolute atomic E-state index is 0.00512. The number of nitrogens with one attached hydrogen (secondary N) is 1. The number of primary amides is 1. The number of anilines is 1. The summed E-state index contributed by atoms with van der Waals surface area (Å²) in [5, 5.41) is 11.4. The molecule has 1 aromatic heterocycles. The monoisotopic (exact) mass is 555 g/mol. The first-order chi connectivity index (χ1) is 17.5. The van der Waals surface area contributed by atoms with Crippen LogP contribution in [0.2, 0.25) is 5.02 Å². The summed E-state index contributed by atoms with van der Waals surface area (Å²) in [5.41, 5.74) is 6.71. The van der Waals surface area contributed by atoms with Crippen molar-refractivity contribution < 1.29 is 21.6 Å². The third-order valence-corrected chi connectivity index (χ3v) is 8.49. The van der Waals surface area contributed by atoms with Gasteiger partial charge in [-0.3, -0.25) is 9.52 Å². The Morgan fingerprint density at radius 3 is 2.22 bits per heavy atom. The predicted octanol–water partition coefficient (Wildman–Crippen LogP) is 3.38. The minimum atomic E-state index is -4.00. The Bertz CT molecular complexity index is 1940. The largest absolute Gasteiger partial charge is 0.364 e. The summed E-state index contributed by atoms with van der Waals surface area (Å²) in [5.74, 6) is -0.764. The second-order valence-corrected chi connectivity index (χ2v) is 11.7. The smallest absolute Gasteiger partial charge is 0.269 e. The Balaban J connectivity index is 1.71. The van der Waals surface area contributed by atoms with Crippen LogP contribution in [0.4, 0.5) is 5.69 Å². The number of benzene rings is 4. The first-order valence-corrected chi connectivity index (χ1v) is 14.0. The lowest BCUT2D eigenvalue weighted by atomic mass is 10.0. The Labute approximate surface area is 216 Å². The molecule has 37 heavy (non-hydrogen) atoms.